The highest BCUT2D eigenvalue weighted by Crippen LogP contribution is 2.24. The van der Waals surface area contributed by atoms with Crippen molar-refractivity contribution in [3.63, 3.8) is 0 Å². The molecule has 0 aliphatic carbocycles. The topological polar surface area (TPSA) is 15.3 Å². The van der Waals surface area contributed by atoms with Crippen molar-refractivity contribution in [2.45, 2.75) is 52.2 Å². The first-order chi connectivity index (χ1) is 8.91. The van der Waals surface area contributed by atoms with E-state index in [4.69, 9.17) is 11.6 Å². The summed E-state index contributed by atoms with van der Waals surface area (Å²) < 4.78 is 0. The van der Waals surface area contributed by atoms with E-state index in [2.05, 4.69) is 56.1 Å². The quantitative estimate of drug-likeness (QED) is 0.910. The molecule has 1 aliphatic heterocycles. The number of piperazine rings is 1. The Morgan fingerprint density at radius 1 is 1.42 bits per heavy atom. The highest BCUT2D eigenvalue weighted by atomic mass is 35.5. The molecule has 19 heavy (non-hydrogen) atoms. The van der Waals surface area contributed by atoms with Gasteiger partial charge in [-0.3, -0.25) is 4.90 Å². The minimum atomic E-state index is 0.183. The van der Waals surface area contributed by atoms with Gasteiger partial charge in [0.15, 0.2) is 0 Å². The lowest BCUT2D eigenvalue weighted by molar-refractivity contribution is 0.0859. The number of hydrogen-bond acceptors (Lipinski definition) is 2. The maximum absolute atomic E-state index is 6.37. The molecule has 1 fully saturated rings. The molecular formula is C16H25ClN2. The van der Waals surface area contributed by atoms with Crippen molar-refractivity contribution in [2.75, 3.05) is 13.1 Å². The van der Waals surface area contributed by atoms with E-state index in [0.717, 1.165) is 24.7 Å². The van der Waals surface area contributed by atoms with Crippen molar-refractivity contribution in [2.24, 2.45) is 0 Å². The molecule has 1 aromatic rings. The minimum absolute atomic E-state index is 0.183. The molecule has 1 atom stereocenters. The molecule has 3 heteroatoms. The standard InChI is InChI=1S/C16H25ClN2/c1-5-14-9-18-16(3,4)11-19(14)10-13-7-6-12(2)8-15(13)17/h6-8,14,18H,5,9-11H2,1-4H3. The van der Waals surface area contributed by atoms with Gasteiger partial charge in [-0.1, -0.05) is 30.7 Å². The first kappa shape index (κ1) is 14.8. The Morgan fingerprint density at radius 2 is 2.16 bits per heavy atom. The SMILES string of the molecule is CCC1CNC(C)(C)CN1Cc1ccc(C)cc1Cl. The van der Waals surface area contributed by atoms with E-state index in [0.29, 0.717) is 6.04 Å². The molecule has 0 spiro atoms. The second-order valence-electron chi connectivity index (χ2n) is 6.33. The average molecular weight is 281 g/mol. The fourth-order valence-electron chi connectivity index (χ4n) is 2.80. The van der Waals surface area contributed by atoms with E-state index in [1.165, 1.54) is 17.5 Å². The van der Waals surface area contributed by atoms with Gasteiger partial charge in [0.25, 0.3) is 0 Å². The molecule has 1 N–H and O–H groups in total. The number of hydrogen-bond donors (Lipinski definition) is 1. The molecule has 0 aromatic heterocycles. The van der Waals surface area contributed by atoms with Crippen LogP contribution in [0.1, 0.15) is 38.3 Å². The third-order valence-corrected chi connectivity index (χ3v) is 4.34. The third-order valence-electron chi connectivity index (χ3n) is 3.98. The van der Waals surface area contributed by atoms with E-state index in [1.54, 1.807) is 0 Å². The summed E-state index contributed by atoms with van der Waals surface area (Å²) in [4.78, 5) is 2.56. The Labute approximate surface area is 122 Å². The molecule has 1 heterocycles. The summed E-state index contributed by atoms with van der Waals surface area (Å²) in [6.07, 6.45) is 1.17. The molecule has 1 aromatic carbocycles. The van der Waals surface area contributed by atoms with Crippen LogP contribution in [0.3, 0.4) is 0 Å². The van der Waals surface area contributed by atoms with Gasteiger partial charge in [0.05, 0.1) is 0 Å². The lowest BCUT2D eigenvalue weighted by atomic mass is 9.97. The van der Waals surface area contributed by atoms with E-state index in [-0.39, 0.29) is 5.54 Å². The minimum Gasteiger partial charge on any atom is -0.309 e. The molecule has 0 bridgehead atoms. The Hall–Kier alpha value is -0.570. The summed E-state index contributed by atoms with van der Waals surface area (Å²) in [6.45, 7) is 11.9. The highest BCUT2D eigenvalue weighted by molar-refractivity contribution is 6.31. The van der Waals surface area contributed by atoms with E-state index in [9.17, 15) is 0 Å². The fraction of sp³-hybridized carbons (Fsp3) is 0.625. The number of halogens is 1. The lowest BCUT2D eigenvalue weighted by Gasteiger charge is -2.44. The van der Waals surface area contributed by atoms with E-state index in [1.807, 2.05) is 0 Å². The molecule has 0 radical (unpaired) electrons. The molecule has 0 saturated carbocycles. The van der Waals surface area contributed by atoms with Gasteiger partial charge in [0, 0.05) is 36.2 Å². The van der Waals surface area contributed by atoms with E-state index >= 15 is 0 Å². The van der Waals surface area contributed by atoms with Crippen LogP contribution < -0.4 is 5.32 Å². The summed E-state index contributed by atoms with van der Waals surface area (Å²) in [5.41, 5.74) is 2.65. The largest absolute Gasteiger partial charge is 0.309 e. The lowest BCUT2D eigenvalue weighted by Crippen LogP contribution is -2.61. The number of benzene rings is 1. The van der Waals surface area contributed by atoms with Crippen molar-refractivity contribution >= 4 is 11.6 Å². The van der Waals surface area contributed by atoms with Crippen molar-refractivity contribution in [1.82, 2.24) is 10.2 Å². The van der Waals surface area contributed by atoms with Gasteiger partial charge in [0.1, 0.15) is 0 Å². The second-order valence-corrected chi connectivity index (χ2v) is 6.73. The van der Waals surface area contributed by atoms with E-state index < -0.39 is 0 Å². The summed E-state index contributed by atoms with van der Waals surface area (Å²) in [6, 6.07) is 6.98. The van der Waals surface area contributed by atoms with Crippen molar-refractivity contribution in [3.8, 4) is 0 Å². The Kier molecular flexibility index (Phi) is 4.54. The van der Waals surface area contributed by atoms with Crippen LogP contribution >= 0.6 is 11.6 Å². The first-order valence-electron chi connectivity index (χ1n) is 7.15. The maximum atomic E-state index is 6.37. The monoisotopic (exact) mass is 280 g/mol. The summed E-state index contributed by atoms with van der Waals surface area (Å²) in [5, 5.41) is 4.52. The van der Waals surface area contributed by atoms with Gasteiger partial charge in [-0.25, -0.2) is 0 Å². The van der Waals surface area contributed by atoms with Gasteiger partial charge >= 0.3 is 0 Å². The third kappa shape index (κ3) is 3.71. The van der Waals surface area contributed by atoms with Gasteiger partial charge in [-0.2, -0.15) is 0 Å². The molecule has 2 rings (SSSR count). The Balaban J connectivity index is 2.14. The van der Waals surface area contributed by atoms with Crippen LogP contribution in [0.25, 0.3) is 0 Å². The molecule has 2 nitrogen and oxygen atoms in total. The Bertz CT molecular complexity index is 442. The van der Waals surface area contributed by atoms with Crippen LogP contribution in [-0.2, 0) is 6.54 Å². The highest BCUT2D eigenvalue weighted by Gasteiger charge is 2.31. The molecule has 0 amide bonds. The first-order valence-corrected chi connectivity index (χ1v) is 7.53. The van der Waals surface area contributed by atoms with Gasteiger partial charge in [0.2, 0.25) is 0 Å². The second kappa shape index (κ2) is 5.82. The van der Waals surface area contributed by atoms with Crippen LogP contribution in [0, 0.1) is 6.92 Å². The van der Waals surface area contributed by atoms with Crippen LogP contribution in [0.15, 0.2) is 18.2 Å². The predicted octanol–water partition coefficient (Wildman–Crippen LogP) is 3.61. The zero-order valence-corrected chi connectivity index (χ0v) is 13.2. The zero-order valence-electron chi connectivity index (χ0n) is 12.5. The van der Waals surface area contributed by atoms with Crippen molar-refractivity contribution in [3.05, 3.63) is 34.3 Å². The summed E-state index contributed by atoms with van der Waals surface area (Å²) in [7, 11) is 0. The van der Waals surface area contributed by atoms with Crippen molar-refractivity contribution in [1.29, 1.82) is 0 Å². The summed E-state index contributed by atoms with van der Waals surface area (Å²) >= 11 is 6.37. The maximum Gasteiger partial charge on any atom is 0.0453 e. The normalized spacial score (nSPS) is 23.5. The smallest absolute Gasteiger partial charge is 0.0453 e. The van der Waals surface area contributed by atoms with Crippen LogP contribution in [0.5, 0.6) is 0 Å². The van der Waals surface area contributed by atoms with Crippen LogP contribution in [0.4, 0.5) is 0 Å². The molecule has 1 aliphatic rings. The molecule has 1 saturated heterocycles. The van der Waals surface area contributed by atoms with Crippen LogP contribution in [0.2, 0.25) is 5.02 Å². The Morgan fingerprint density at radius 3 is 2.79 bits per heavy atom. The number of aryl methyl sites for hydroxylation is 1. The summed E-state index contributed by atoms with van der Waals surface area (Å²) in [5.74, 6) is 0. The fourth-order valence-corrected chi connectivity index (χ4v) is 3.10. The predicted molar refractivity (Wildman–Crippen MR) is 82.8 cm³/mol. The molecule has 1 unspecified atom stereocenters. The number of nitrogens with one attached hydrogen (secondary N) is 1. The molecular weight excluding hydrogens is 256 g/mol. The zero-order chi connectivity index (χ0) is 14.0. The molecule has 106 valence electrons. The van der Waals surface area contributed by atoms with Gasteiger partial charge in [-0.05, 0) is 44.4 Å². The van der Waals surface area contributed by atoms with Crippen LogP contribution in [-0.4, -0.2) is 29.6 Å². The average Bonchev–Trinajstić information content (AvgIpc) is 2.32. The number of nitrogens with zero attached hydrogens (tertiary/aromatic N) is 1. The van der Waals surface area contributed by atoms with Gasteiger partial charge in [-0.15, -0.1) is 0 Å². The van der Waals surface area contributed by atoms with Gasteiger partial charge < -0.3 is 5.32 Å². The van der Waals surface area contributed by atoms with Crippen molar-refractivity contribution < 1.29 is 0 Å². The number of rotatable bonds is 3.